The van der Waals surface area contributed by atoms with Crippen LogP contribution in [0.4, 0.5) is 9.93 Å². The summed E-state index contributed by atoms with van der Waals surface area (Å²) < 4.78 is 5.43. The van der Waals surface area contributed by atoms with Gasteiger partial charge in [-0.3, -0.25) is 0 Å². The van der Waals surface area contributed by atoms with Gasteiger partial charge in [0.25, 0.3) is 0 Å². The van der Waals surface area contributed by atoms with Gasteiger partial charge in [0.05, 0.1) is 6.54 Å². The second-order valence-corrected chi connectivity index (χ2v) is 6.28. The number of amides is 1. The number of nitrogens with zero attached hydrogens (tertiary/aromatic N) is 3. The van der Waals surface area contributed by atoms with Crippen LogP contribution in [0.1, 0.15) is 12.5 Å². The van der Waals surface area contributed by atoms with Gasteiger partial charge in [0.15, 0.2) is 5.13 Å². The summed E-state index contributed by atoms with van der Waals surface area (Å²) in [7, 11) is 0. The van der Waals surface area contributed by atoms with E-state index in [2.05, 4.69) is 21.7 Å². The van der Waals surface area contributed by atoms with Crippen LogP contribution in [0.5, 0.6) is 0 Å². The molecule has 1 aliphatic rings. The zero-order valence-electron chi connectivity index (χ0n) is 13.5. The van der Waals surface area contributed by atoms with Crippen LogP contribution in [0.25, 0.3) is 0 Å². The SMILES string of the molecule is CC#C[C@H]1CN(C(=O)OCc2ccccc2)CCN1c1nccs1. The number of benzene rings is 1. The average Bonchev–Trinajstić information content (AvgIpc) is 3.15. The Morgan fingerprint density at radius 2 is 2.21 bits per heavy atom. The van der Waals surface area contributed by atoms with Gasteiger partial charge in [0, 0.05) is 24.7 Å². The third-order valence-electron chi connectivity index (χ3n) is 3.82. The predicted octanol–water partition coefficient (Wildman–Crippen LogP) is 2.99. The molecule has 0 radical (unpaired) electrons. The summed E-state index contributed by atoms with van der Waals surface area (Å²) in [5, 5.41) is 2.90. The van der Waals surface area contributed by atoms with Crippen molar-refractivity contribution in [3.8, 4) is 11.8 Å². The van der Waals surface area contributed by atoms with Crippen molar-refractivity contribution in [2.24, 2.45) is 0 Å². The fourth-order valence-electron chi connectivity index (χ4n) is 2.64. The molecule has 6 heteroatoms. The molecule has 1 aromatic heterocycles. The van der Waals surface area contributed by atoms with Gasteiger partial charge in [-0.15, -0.1) is 17.3 Å². The third-order valence-corrected chi connectivity index (χ3v) is 4.63. The van der Waals surface area contributed by atoms with Crippen LogP contribution < -0.4 is 4.90 Å². The highest BCUT2D eigenvalue weighted by Gasteiger charge is 2.30. The van der Waals surface area contributed by atoms with E-state index < -0.39 is 0 Å². The first-order valence-electron chi connectivity index (χ1n) is 7.82. The average molecular weight is 341 g/mol. The van der Waals surface area contributed by atoms with E-state index in [0.717, 1.165) is 10.7 Å². The number of carbonyl (C=O) groups excluding carboxylic acids is 1. The first-order valence-corrected chi connectivity index (χ1v) is 8.70. The molecule has 1 fully saturated rings. The number of thiazole rings is 1. The molecule has 0 spiro atoms. The van der Waals surface area contributed by atoms with Gasteiger partial charge in [0.1, 0.15) is 12.6 Å². The van der Waals surface area contributed by atoms with Crippen LogP contribution in [-0.2, 0) is 11.3 Å². The Labute approximate surface area is 145 Å². The first-order chi connectivity index (χ1) is 11.8. The molecular formula is C18H19N3O2S. The molecule has 2 heterocycles. The number of piperazine rings is 1. The van der Waals surface area contributed by atoms with Crippen LogP contribution in [-0.4, -0.2) is 41.7 Å². The highest BCUT2D eigenvalue weighted by molar-refractivity contribution is 7.13. The lowest BCUT2D eigenvalue weighted by Gasteiger charge is -2.38. The summed E-state index contributed by atoms with van der Waals surface area (Å²) in [5.74, 6) is 6.13. The lowest BCUT2D eigenvalue weighted by molar-refractivity contribution is 0.0916. The van der Waals surface area contributed by atoms with E-state index >= 15 is 0 Å². The number of anilines is 1. The van der Waals surface area contributed by atoms with Crippen LogP contribution in [0.3, 0.4) is 0 Å². The fourth-order valence-corrected chi connectivity index (χ4v) is 3.36. The number of rotatable bonds is 3. The van der Waals surface area contributed by atoms with E-state index in [-0.39, 0.29) is 18.7 Å². The highest BCUT2D eigenvalue weighted by atomic mass is 32.1. The van der Waals surface area contributed by atoms with Gasteiger partial charge in [0.2, 0.25) is 0 Å². The molecule has 3 rings (SSSR count). The summed E-state index contributed by atoms with van der Waals surface area (Å²) in [4.78, 5) is 20.6. The van der Waals surface area contributed by atoms with E-state index in [1.165, 1.54) is 0 Å². The zero-order chi connectivity index (χ0) is 16.8. The van der Waals surface area contributed by atoms with Crippen molar-refractivity contribution in [1.82, 2.24) is 9.88 Å². The van der Waals surface area contributed by atoms with Crippen molar-refractivity contribution in [3.05, 3.63) is 47.5 Å². The van der Waals surface area contributed by atoms with Crippen LogP contribution in [0, 0.1) is 11.8 Å². The minimum atomic E-state index is -0.291. The maximum Gasteiger partial charge on any atom is 0.410 e. The number of carbonyl (C=O) groups is 1. The summed E-state index contributed by atoms with van der Waals surface area (Å²) in [5.41, 5.74) is 0.983. The number of aromatic nitrogens is 1. The summed E-state index contributed by atoms with van der Waals surface area (Å²) in [6, 6.07) is 9.64. The topological polar surface area (TPSA) is 45.7 Å². The quantitative estimate of drug-likeness (QED) is 0.805. The van der Waals surface area contributed by atoms with Crippen LogP contribution in [0.15, 0.2) is 41.9 Å². The maximum absolute atomic E-state index is 12.3. The van der Waals surface area contributed by atoms with Crippen LogP contribution in [0.2, 0.25) is 0 Å². The molecule has 1 saturated heterocycles. The molecular weight excluding hydrogens is 322 g/mol. The zero-order valence-corrected chi connectivity index (χ0v) is 14.3. The molecule has 2 aromatic rings. The third kappa shape index (κ3) is 3.87. The molecule has 0 N–H and O–H groups in total. The van der Waals surface area contributed by atoms with Gasteiger partial charge in [-0.25, -0.2) is 9.78 Å². The van der Waals surface area contributed by atoms with Gasteiger partial charge in [-0.1, -0.05) is 36.3 Å². The summed E-state index contributed by atoms with van der Waals surface area (Å²) >= 11 is 1.59. The molecule has 1 amide bonds. The monoisotopic (exact) mass is 341 g/mol. The Balaban J connectivity index is 1.61. The van der Waals surface area contributed by atoms with Gasteiger partial charge in [-0.05, 0) is 12.5 Å². The van der Waals surface area contributed by atoms with Crippen molar-refractivity contribution in [2.75, 3.05) is 24.5 Å². The molecule has 1 aliphatic heterocycles. The Morgan fingerprint density at radius 3 is 2.92 bits per heavy atom. The van der Waals surface area contributed by atoms with Crippen LogP contribution >= 0.6 is 11.3 Å². The Hall–Kier alpha value is -2.52. The second kappa shape index (κ2) is 7.84. The van der Waals surface area contributed by atoms with Crippen molar-refractivity contribution in [2.45, 2.75) is 19.6 Å². The molecule has 24 heavy (non-hydrogen) atoms. The highest BCUT2D eigenvalue weighted by Crippen LogP contribution is 2.23. The molecule has 1 aromatic carbocycles. The fraction of sp³-hybridized carbons (Fsp3) is 0.333. The lowest BCUT2D eigenvalue weighted by atomic mass is 10.2. The van der Waals surface area contributed by atoms with Crippen molar-refractivity contribution in [3.63, 3.8) is 0 Å². The Kier molecular flexibility index (Phi) is 5.34. The standard InChI is InChI=1S/C18H19N3O2S/c1-2-6-16-13-20(10-11-21(16)17-19-9-12-24-17)18(22)23-14-15-7-4-3-5-8-15/h3-5,7-9,12,16H,10-11,13-14H2,1H3/t16-/m0/s1. The van der Waals surface area contributed by atoms with Gasteiger partial charge in [-0.2, -0.15) is 0 Å². The van der Waals surface area contributed by atoms with E-state index in [9.17, 15) is 4.79 Å². The molecule has 124 valence electrons. The van der Waals surface area contributed by atoms with Gasteiger partial charge < -0.3 is 14.5 Å². The number of hydrogen-bond donors (Lipinski definition) is 0. The molecule has 0 saturated carbocycles. The Bertz CT molecular complexity index is 722. The Morgan fingerprint density at radius 1 is 1.38 bits per heavy atom. The molecule has 5 nitrogen and oxygen atoms in total. The number of ether oxygens (including phenoxy) is 1. The molecule has 0 unspecified atom stereocenters. The van der Waals surface area contributed by atoms with Gasteiger partial charge >= 0.3 is 6.09 Å². The summed E-state index contributed by atoms with van der Waals surface area (Å²) in [6.45, 7) is 3.93. The normalized spacial score (nSPS) is 17.1. The largest absolute Gasteiger partial charge is 0.445 e. The molecule has 0 aliphatic carbocycles. The molecule has 0 bridgehead atoms. The predicted molar refractivity (Wildman–Crippen MR) is 94.9 cm³/mol. The first kappa shape index (κ1) is 16.3. The smallest absolute Gasteiger partial charge is 0.410 e. The van der Waals surface area contributed by atoms with E-state index in [0.29, 0.717) is 19.6 Å². The lowest BCUT2D eigenvalue weighted by Crippen LogP contribution is -2.54. The minimum absolute atomic E-state index is 0.0563. The second-order valence-electron chi connectivity index (χ2n) is 5.40. The minimum Gasteiger partial charge on any atom is -0.445 e. The number of hydrogen-bond acceptors (Lipinski definition) is 5. The van der Waals surface area contributed by atoms with E-state index in [4.69, 9.17) is 4.74 Å². The van der Waals surface area contributed by atoms with E-state index in [1.807, 2.05) is 42.6 Å². The van der Waals surface area contributed by atoms with Crippen molar-refractivity contribution >= 4 is 22.6 Å². The van der Waals surface area contributed by atoms with Crippen molar-refractivity contribution in [1.29, 1.82) is 0 Å². The maximum atomic E-state index is 12.3. The summed E-state index contributed by atoms with van der Waals surface area (Å²) in [6.07, 6.45) is 1.50. The van der Waals surface area contributed by atoms with Crippen molar-refractivity contribution < 1.29 is 9.53 Å². The van der Waals surface area contributed by atoms with E-state index in [1.54, 1.807) is 22.4 Å². The molecule has 1 atom stereocenters.